The van der Waals surface area contributed by atoms with Crippen LogP contribution in [0, 0.1) is 5.82 Å². The van der Waals surface area contributed by atoms with Gasteiger partial charge in [-0.1, -0.05) is 12.1 Å². The van der Waals surface area contributed by atoms with Crippen molar-refractivity contribution in [1.29, 1.82) is 0 Å². The van der Waals surface area contributed by atoms with Gasteiger partial charge in [-0.05, 0) is 24.3 Å². The Hall–Kier alpha value is -2.24. The van der Waals surface area contributed by atoms with E-state index in [2.05, 4.69) is 0 Å². The van der Waals surface area contributed by atoms with Crippen LogP contribution < -0.4 is 10.5 Å². The van der Waals surface area contributed by atoms with E-state index in [0.29, 0.717) is 6.07 Å². The monoisotopic (exact) mass is 271 g/mol. The maximum Gasteiger partial charge on any atom is 0.416 e. The highest BCUT2D eigenvalue weighted by atomic mass is 19.4. The van der Waals surface area contributed by atoms with Crippen molar-refractivity contribution in [3.8, 4) is 11.5 Å². The van der Waals surface area contributed by atoms with Crippen LogP contribution >= 0.6 is 0 Å². The van der Waals surface area contributed by atoms with E-state index in [1.54, 1.807) is 12.1 Å². The first kappa shape index (κ1) is 13.2. The summed E-state index contributed by atoms with van der Waals surface area (Å²) in [4.78, 5) is 0. The van der Waals surface area contributed by atoms with Crippen molar-refractivity contribution < 1.29 is 22.3 Å². The number of hydrogen-bond donors (Lipinski definition) is 1. The molecule has 0 aliphatic heterocycles. The highest BCUT2D eigenvalue weighted by Gasteiger charge is 2.31. The number of benzene rings is 2. The Morgan fingerprint density at radius 1 is 1.00 bits per heavy atom. The van der Waals surface area contributed by atoms with Crippen LogP contribution in [0.2, 0.25) is 0 Å². The minimum atomic E-state index is -4.64. The molecule has 0 bridgehead atoms. The molecule has 0 saturated carbocycles. The summed E-state index contributed by atoms with van der Waals surface area (Å²) in [6, 6.07) is 8.25. The van der Waals surface area contributed by atoms with Gasteiger partial charge in [0.2, 0.25) is 0 Å². The molecule has 0 saturated heterocycles. The fraction of sp³-hybridized carbons (Fsp3) is 0.0769. The van der Waals surface area contributed by atoms with Gasteiger partial charge in [0, 0.05) is 6.07 Å². The highest BCUT2D eigenvalue weighted by molar-refractivity contribution is 5.53. The molecule has 0 unspecified atom stereocenters. The normalized spacial score (nSPS) is 11.4. The second-order valence-electron chi connectivity index (χ2n) is 3.81. The van der Waals surface area contributed by atoms with Gasteiger partial charge in [0.25, 0.3) is 0 Å². The van der Waals surface area contributed by atoms with Gasteiger partial charge in [0.15, 0.2) is 0 Å². The number of halogens is 4. The minimum absolute atomic E-state index is 0.168. The molecule has 0 fully saturated rings. The van der Waals surface area contributed by atoms with Crippen LogP contribution in [0.3, 0.4) is 0 Å². The summed E-state index contributed by atoms with van der Waals surface area (Å²) in [7, 11) is 0. The lowest BCUT2D eigenvalue weighted by atomic mass is 10.2. The molecule has 100 valence electrons. The molecule has 2 aromatic carbocycles. The van der Waals surface area contributed by atoms with Crippen molar-refractivity contribution in [2.24, 2.45) is 0 Å². The topological polar surface area (TPSA) is 35.2 Å². The van der Waals surface area contributed by atoms with Crippen molar-refractivity contribution in [3.05, 3.63) is 53.8 Å². The van der Waals surface area contributed by atoms with E-state index in [0.717, 1.165) is 12.1 Å². The molecule has 0 aliphatic rings. The molecule has 2 N–H and O–H groups in total. The van der Waals surface area contributed by atoms with Crippen molar-refractivity contribution in [1.82, 2.24) is 0 Å². The van der Waals surface area contributed by atoms with Crippen LogP contribution in [0.1, 0.15) is 5.56 Å². The Morgan fingerprint density at radius 3 is 2.32 bits per heavy atom. The van der Waals surface area contributed by atoms with Gasteiger partial charge in [0.05, 0.1) is 11.3 Å². The first-order chi connectivity index (χ1) is 8.86. The predicted octanol–water partition coefficient (Wildman–Crippen LogP) is 4.22. The number of nitrogens with two attached hydrogens (primary N) is 1. The van der Waals surface area contributed by atoms with Crippen LogP contribution in [0.15, 0.2) is 42.5 Å². The van der Waals surface area contributed by atoms with Crippen molar-refractivity contribution in [2.45, 2.75) is 6.18 Å². The number of para-hydroxylation sites is 2. The lowest BCUT2D eigenvalue weighted by molar-refractivity contribution is -0.137. The molecule has 0 aliphatic carbocycles. The largest absolute Gasteiger partial charge is 0.455 e. The van der Waals surface area contributed by atoms with E-state index in [9.17, 15) is 17.6 Å². The fourth-order valence-electron chi connectivity index (χ4n) is 1.49. The molecule has 2 aromatic rings. The van der Waals surface area contributed by atoms with Gasteiger partial charge in [-0.3, -0.25) is 0 Å². The number of hydrogen-bond acceptors (Lipinski definition) is 2. The summed E-state index contributed by atoms with van der Waals surface area (Å²) >= 11 is 0. The third kappa shape index (κ3) is 3.15. The van der Waals surface area contributed by atoms with E-state index in [1.165, 1.54) is 12.1 Å². The summed E-state index contributed by atoms with van der Waals surface area (Å²) in [5.41, 5.74) is 4.73. The van der Waals surface area contributed by atoms with E-state index in [4.69, 9.17) is 10.5 Å². The lowest BCUT2D eigenvalue weighted by Crippen LogP contribution is -2.05. The molecule has 0 amide bonds. The Kier molecular flexibility index (Phi) is 3.33. The molecule has 6 heteroatoms. The quantitative estimate of drug-likeness (QED) is 0.655. The Labute approximate surface area is 106 Å². The predicted molar refractivity (Wildman–Crippen MR) is 62.3 cm³/mol. The summed E-state index contributed by atoms with van der Waals surface area (Å²) in [5.74, 6) is -1.12. The molecular formula is C13H9F4NO. The molecule has 19 heavy (non-hydrogen) atoms. The summed E-state index contributed by atoms with van der Waals surface area (Å²) < 4.78 is 55.9. The van der Waals surface area contributed by atoms with Crippen LogP contribution in [0.25, 0.3) is 0 Å². The second-order valence-corrected chi connectivity index (χ2v) is 3.81. The molecule has 0 spiro atoms. The smallest absolute Gasteiger partial charge is 0.416 e. The average Bonchev–Trinajstić information content (AvgIpc) is 2.30. The van der Waals surface area contributed by atoms with Crippen molar-refractivity contribution in [2.75, 3.05) is 5.73 Å². The molecule has 2 rings (SSSR count). The third-order valence-electron chi connectivity index (χ3n) is 2.35. The molecule has 0 atom stereocenters. The van der Waals surface area contributed by atoms with Crippen LogP contribution in [-0.2, 0) is 6.18 Å². The maximum atomic E-state index is 13.2. The van der Waals surface area contributed by atoms with Gasteiger partial charge >= 0.3 is 6.18 Å². The number of rotatable bonds is 2. The zero-order chi connectivity index (χ0) is 14.0. The summed E-state index contributed by atoms with van der Waals surface area (Å²) in [5, 5.41) is 0. The number of alkyl halides is 3. The summed E-state index contributed by atoms with van der Waals surface area (Å²) in [6.07, 6.45) is -4.64. The van der Waals surface area contributed by atoms with E-state index < -0.39 is 17.6 Å². The molecule has 2 nitrogen and oxygen atoms in total. The van der Waals surface area contributed by atoms with Crippen LogP contribution in [-0.4, -0.2) is 0 Å². The zero-order valence-corrected chi connectivity index (χ0v) is 9.54. The second kappa shape index (κ2) is 4.79. The molecule has 0 aromatic heterocycles. The number of nitrogen functional groups attached to an aromatic ring is 1. The number of anilines is 1. The Balaban J connectivity index is 2.36. The standard InChI is InChI=1S/C13H9F4NO/c14-9-5-8(13(15,16)17)6-10(7-9)19-12-4-2-1-3-11(12)18/h1-7H,18H2. The fourth-order valence-corrected chi connectivity index (χ4v) is 1.49. The van der Waals surface area contributed by atoms with Gasteiger partial charge < -0.3 is 10.5 Å². The Morgan fingerprint density at radius 2 is 1.68 bits per heavy atom. The van der Waals surface area contributed by atoms with E-state index >= 15 is 0 Å². The molecule has 0 radical (unpaired) electrons. The van der Waals surface area contributed by atoms with Crippen molar-refractivity contribution in [3.63, 3.8) is 0 Å². The van der Waals surface area contributed by atoms with Gasteiger partial charge in [-0.15, -0.1) is 0 Å². The first-order valence-electron chi connectivity index (χ1n) is 5.26. The third-order valence-corrected chi connectivity index (χ3v) is 2.35. The van der Waals surface area contributed by atoms with Crippen molar-refractivity contribution >= 4 is 5.69 Å². The SMILES string of the molecule is Nc1ccccc1Oc1cc(F)cc(C(F)(F)F)c1. The minimum Gasteiger partial charge on any atom is -0.455 e. The highest BCUT2D eigenvalue weighted by Crippen LogP contribution is 2.34. The average molecular weight is 271 g/mol. The van der Waals surface area contributed by atoms with Gasteiger partial charge in [-0.2, -0.15) is 13.2 Å². The first-order valence-corrected chi connectivity index (χ1v) is 5.26. The molecule has 0 heterocycles. The number of ether oxygens (including phenoxy) is 1. The van der Waals surface area contributed by atoms with E-state index in [1.807, 2.05) is 0 Å². The lowest BCUT2D eigenvalue weighted by Gasteiger charge is -2.11. The van der Waals surface area contributed by atoms with Gasteiger partial charge in [0.1, 0.15) is 17.3 Å². The molecular weight excluding hydrogens is 262 g/mol. The van der Waals surface area contributed by atoms with E-state index in [-0.39, 0.29) is 17.2 Å². The van der Waals surface area contributed by atoms with Crippen LogP contribution in [0.5, 0.6) is 11.5 Å². The van der Waals surface area contributed by atoms with Gasteiger partial charge in [-0.25, -0.2) is 4.39 Å². The Bertz CT molecular complexity index is 595. The maximum absolute atomic E-state index is 13.2. The summed E-state index contributed by atoms with van der Waals surface area (Å²) in [6.45, 7) is 0. The zero-order valence-electron chi connectivity index (χ0n) is 9.54. The van der Waals surface area contributed by atoms with Crippen LogP contribution in [0.4, 0.5) is 23.2 Å².